The van der Waals surface area contributed by atoms with Gasteiger partial charge < -0.3 is 9.72 Å². The van der Waals surface area contributed by atoms with E-state index in [-0.39, 0.29) is 12.0 Å². The van der Waals surface area contributed by atoms with Crippen LogP contribution in [0.5, 0.6) is 0 Å². The predicted octanol–water partition coefficient (Wildman–Crippen LogP) is 3.80. The van der Waals surface area contributed by atoms with Gasteiger partial charge in [0.05, 0.1) is 0 Å². The topological polar surface area (TPSA) is 42.1 Å². The number of nitrogens with one attached hydrogen (secondary N) is 1. The first-order valence-electron chi connectivity index (χ1n) is 5.49. The van der Waals surface area contributed by atoms with Gasteiger partial charge in [0.25, 0.3) is 6.47 Å². The number of hydrogen-bond acceptors (Lipinski definition) is 2. The van der Waals surface area contributed by atoms with Gasteiger partial charge in [-0.1, -0.05) is 29.8 Å². The zero-order valence-corrected chi connectivity index (χ0v) is 11.3. The van der Waals surface area contributed by atoms with E-state index >= 15 is 0 Å². The van der Waals surface area contributed by atoms with Gasteiger partial charge in [-0.05, 0) is 24.1 Å². The molecular formula is C13H14BrNO2. The number of rotatable bonds is 4. The fourth-order valence-electron chi connectivity index (χ4n) is 2.04. The number of benzene rings is 1. The molecule has 1 heterocycles. The summed E-state index contributed by atoms with van der Waals surface area (Å²) in [6.45, 7) is 4.59. The van der Waals surface area contributed by atoms with Gasteiger partial charge in [0, 0.05) is 27.1 Å². The Morgan fingerprint density at radius 2 is 2.18 bits per heavy atom. The highest BCUT2D eigenvalue weighted by Gasteiger charge is 2.20. The molecule has 0 saturated heterocycles. The van der Waals surface area contributed by atoms with E-state index in [9.17, 15) is 4.79 Å². The molecule has 0 spiro atoms. The smallest absolute Gasteiger partial charge is 0.293 e. The molecule has 1 aromatic heterocycles. The number of carbonyl (C=O) groups excluding carboxylic acids is 1. The summed E-state index contributed by atoms with van der Waals surface area (Å²) in [5, 5.41) is 1.09. The van der Waals surface area contributed by atoms with Crippen molar-refractivity contribution in [3.8, 4) is 0 Å². The number of ether oxygens (including phenoxy) is 1. The van der Waals surface area contributed by atoms with Crippen molar-refractivity contribution in [1.82, 2.24) is 4.98 Å². The summed E-state index contributed by atoms with van der Waals surface area (Å²) in [6, 6.07) is 6.02. The van der Waals surface area contributed by atoms with Gasteiger partial charge in [-0.25, -0.2) is 0 Å². The van der Waals surface area contributed by atoms with Crippen LogP contribution in [0.1, 0.15) is 25.5 Å². The third kappa shape index (κ3) is 2.36. The van der Waals surface area contributed by atoms with Crippen LogP contribution in [0.25, 0.3) is 10.9 Å². The first kappa shape index (κ1) is 12.2. The van der Waals surface area contributed by atoms with E-state index < -0.39 is 0 Å². The third-order valence-electron chi connectivity index (χ3n) is 2.78. The Hall–Kier alpha value is -1.29. The number of aromatic amines is 1. The first-order chi connectivity index (χ1) is 8.13. The summed E-state index contributed by atoms with van der Waals surface area (Å²) in [5.74, 6) is 0.229. The number of aromatic nitrogens is 1. The van der Waals surface area contributed by atoms with Crippen LogP contribution in [-0.2, 0) is 9.53 Å². The van der Waals surface area contributed by atoms with Crippen molar-refractivity contribution < 1.29 is 9.53 Å². The molecule has 17 heavy (non-hydrogen) atoms. The highest BCUT2D eigenvalue weighted by Crippen LogP contribution is 2.33. The average Bonchev–Trinajstić information content (AvgIpc) is 2.72. The van der Waals surface area contributed by atoms with E-state index in [1.807, 2.05) is 38.2 Å². The molecule has 1 N–H and O–H groups in total. The van der Waals surface area contributed by atoms with Gasteiger partial charge >= 0.3 is 0 Å². The van der Waals surface area contributed by atoms with Crippen LogP contribution in [0.4, 0.5) is 0 Å². The van der Waals surface area contributed by atoms with Crippen molar-refractivity contribution in [2.24, 2.45) is 5.92 Å². The van der Waals surface area contributed by atoms with Crippen molar-refractivity contribution in [1.29, 1.82) is 0 Å². The highest BCUT2D eigenvalue weighted by atomic mass is 79.9. The second-order valence-electron chi connectivity index (χ2n) is 4.33. The highest BCUT2D eigenvalue weighted by molar-refractivity contribution is 9.10. The maximum atomic E-state index is 10.6. The van der Waals surface area contributed by atoms with Crippen molar-refractivity contribution >= 4 is 33.3 Å². The second kappa shape index (κ2) is 4.92. The van der Waals surface area contributed by atoms with Crippen molar-refractivity contribution in [2.75, 3.05) is 0 Å². The summed E-state index contributed by atoms with van der Waals surface area (Å²) >= 11 is 3.47. The summed E-state index contributed by atoms with van der Waals surface area (Å²) in [7, 11) is 0. The Bertz CT molecular complexity index is 533. The van der Waals surface area contributed by atoms with Crippen LogP contribution in [0.15, 0.2) is 28.9 Å². The van der Waals surface area contributed by atoms with E-state index in [1.54, 1.807) is 0 Å². The predicted molar refractivity (Wildman–Crippen MR) is 70.7 cm³/mol. The quantitative estimate of drug-likeness (QED) is 0.872. The Morgan fingerprint density at radius 3 is 2.82 bits per heavy atom. The fraction of sp³-hybridized carbons (Fsp3) is 0.308. The minimum atomic E-state index is -0.219. The molecular weight excluding hydrogens is 282 g/mol. The zero-order valence-electron chi connectivity index (χ0n) is 9.74. The van der Waals surface area contributed by atoms with Gasteiger partial charge in [-0.2, -0.15) is 0 Å². The first-order valence-corrected chi connectivity index (χ1v) is 6.28. The van der Waals surface area contributed by atoms with E-state index in [4.69, 9.17) is 4.74 Å². The molecule has 2 aromatic rings. The number of halogens is 1. The molecule has 1 unspecified atom stereocenters. The van der Waals surface area contributed by atoms with E-state index in [1.165, 1.54) is 0 Å². The maximum Gasteiger partial charge on any atom is 0.293 e. The molecule has 0 aliphatic heterocycles. The Kier molecular flexibility index (Phi) is 3.52. The monoisotopic (exact) mass is 295 g/mol. The van der Waals surface area contributed by atoms with Crippen LogP contribution in [-0.4, -0.2) is 11.5 Å². The average molecular weight is 296 g/mol. The molecule has 4 heteroatoms. The number of fused-ring (bicyclic) bond motifs is 1. The molecule has 0 saturated carbocycles. The normalized spacial score (nSPS) is 12.9. The lowest BCUT2D eigenvalue weighted by atomic mass is 9.96. The summed E-state index contributed by atoms with van der Waals surface area (Å²) < 4.78 is 6.18. The largest absolute Gasteiger partial charge is 0.459 e. The van der Waals surface area contributed by atoms with Crippen LogP contribution in [0, 0.1) is 5.92 Å². The van der Waals surface area contributed by atoms with Gasteiger partial charge in [-0.15, -0.1) is 0 Å². The lowest BCUT2D eigenvalue weighted by Crippen LogP contribution is -2.10. The molecule has 0 fully saturated rings. The Morgan fingerprint density at radius 1 is 1.41 bits per heavy atom. The molecule has 0 aliphatic rings. The van der Waals surface area contributed by atoms with Crippen LogP contribution in [0.3, 0.4) is 0 Å². The molecule has 1 aromatic carbocycles. The van der Waals surface area contributed by atoms with E-state index in [0.717, 1.165) is 20.9 Å². The van der Waals surface area contributed by atoms with Gasteiger partial charge in [0.15, 0.2) is 0 Å². The van der Waals surface area contributed by atoms with Gasteiger partial charge in [0.1, 0.15) is 6.10 Å². The molecule has 3 nitrogen and oxygen atoms in total. The van der Waals surface area contributed by atoms with Crippen molar-refractivity contribution in [3.05, 3.63) is 34.4 Å². The molecule has 0 bridgehead atoms. The number of carbonyl (C=O) groups is 1. The van der Waals surface area contributed by atoms with E-state index in [2.05, 4.69) is 20.9 Å². The van der Waals surface area contributed by atoms with Crippen molar-refractivity contribution in [3.63, 3.8) is 0 Å². The minimum absolute atomic E-state index is 0.219. The third-order valence-corrected chi connectivity index (χ3v) is 3.24. The van der Waals surface area contributed by atoms with Crippen LogP contribution in [0.2, 0.25) is 0 Å². The fourth-order valence-corrected chi connectivity index (χ4v) is 2.52. The van der Waals surface area contributed by atoms with Crippen molar-refractivity contribution in [2.45, 2.75) is 20.0 Å². The molecule has 90 valence electrons. The summed E-state index contributed by atoms with van der Waals surface area (Å²) in [4.78, 5) is 13.8. The standard InChI is InChI=1S/C13H14BrNO2/c1-8(2)13(17-7-16)11-5-9(14)6-12-10(11)3-4-15-12/h3-8,13,15H,1-2H3. The summed E-state index contributed by atoms with van der Waals surface area (Å²) in [6.07, 6.45) is 1.67. The molecule has 0 amide bonds. The molecule has 0 aliphatic carbocycles. The number of H-pyrrole nitrogens is 1. The lowest BCUT2D eigenvalue weighted by molar-refractivity contribution is -0.135. The van der Waals surface area contributed by atoms with Gasteiger partial charge in [-0.3, -0.25) is 4.79 Å². The van der Waals surface area contributed by atoms with Crippen LogP contribution >= 0.6 is 15.9 Å². The summed E-state index contributed by atoms with van der Waals surface area (Å²) in [5.41, 5.74) is 2.06. The SMILES string of the molecule is CC(C)C(OC=O)c1cc(Br)cc2[nH]ccc12. The minimum Gasteiger partial charge on any atom is -0.459 e. The van der Waals surface area contributed by atoms with E-state index in [0.29, 0.717) is 6.47 Å². The molecule has 0 radical (unpaired) electrons. The number of hydrogen-bond donors (Lipinski definition) is 1. The Labute approximate surface area is 108 Å². The lowest BCUT2D eigenvalue weighted by Gasteiger charge is -2.20. The zero-order chi connectivity index (χ0) is 12.4. The molecule has 1 atom stereocenters. The second-order valence-corrected chi connectivity index (χ2v) is 5.25. The van der Waals surface area contributed by atoms with Gasteiger partial charge in [0.2, 0.25) is 0 Å². The Balaban J connectivity index is 2.58. The molecule has 2 rings (SSSR count). The van der Waals surface area contributed by atoms with Crippen LogP contribution < -0.4 is 0 Å². The maximum absolute atomic E-state index is 10.6.